The SMILES string of the molecule is Cc1ccc(Sc2ccc(C3(c4ccc(P(=O)(c5ccccc5)c5ccccc5)cc4)c4ccccc4-n4c5ccc6ccccc6c5c5cccc3c54)cc2)cc1. The van der Waals surface area contributed by atoms with Crippen molar-refractivity contribution in [3.63, 3.8) is 0 Å². The maximum atomic E-state index is 15.6. The summed E-state index contributed by atoms with van der Waals surface area (Å²) in [6.07, 6.45) is 0. The van der Waals surface area contributed by atoms with E-state index < -0.39 is 12.6 Å². The quantitative estimate of drug-likeness (QED) is 0.150. The lowest BCUT2D eigenvalue weighted by Gasteiger charge is -2.42. The molecule has 2 heterocycles. The van der Waals surface area contributed by atoms with Gasteiger partial charge < -0.3 is 9.13 Å². The van der Waals surface area contributed by atoms with Gasteiger partial charge >= 0.3 is 0 Å². The van der Waals surface area contributed by atoms with Crippen molar-refractivity contribution in [3.05, 3.63) is 240 Å². The minimum Gasteiger partial charge on any atom is -0.309 e. The standard InChI is InChI=1S/C54H38NOPS/c1-37-23-32-44(33-24-37)58-45-34-28-40(29-35-45)54(39-26-30-43(31-27-39)57(56,41-14-4-2-5-15-41)42-16-6-3-7-17-42)48-20-10-11-22-50(48)55-51-36-25-38-13-8-9-18-46(38)52(51)47-19-12-21-49(54)53(47)55/h2-36H,1H3. The largest absolute Gasteiger partial charge is 0.309 e. The third-order valence-corrected chi connectivity index (χ3v) is 16.2. The summed E-state index contributed by atoms with van der Waals surface area (Å²) < 4.78 is 18.1. The minimum absolute atomic E-state index is 0.689. The molecule has 1 unspecified atom stereocenters. The molecule has 0 fully saturated rings. The minimum atomic E-state index is -3.19. The maximum absolute atomic E-state index is 15.6. The van der Waals surface area contributed by atoms with Gasteiger partial charge in [0.05, 0.1) is 22.1 Å². The van der Waals surface area contributed by atoms with E-state index >= 15 is 4.57 Å². The van der Waals surface area contributed by atoms with Gasteiger partial charge in [0.15, 0.2) is 7.14 Å². The van der Waals surface area contributed by atoms with E-state index in [4.69, 9.17) is 0 Å². The Morgan fingerprint density at radius 1 is 0.466 bits per heavy atom. The highest BCUT2D eigenvalue weighted by molar-refractivity contribution is 7.99. The van der Waals surface area contributed by atoms with Gasteiger partial charge in [-0.15, -0.1) is 0 Å². The predicted octanol–water partition coefficient (Wildman–Crippen LogP) is 12.7. The molecule has 10 aromatic rings. The Bertz CT molecular complexity index is 3170. The van der Waals surface area contributed by atoms with E-state index in [1.54, 1.807) is 11.8 Å². The van der Waals surface area contributed by atoms with Gasteiger partial charge in [0.2, 0.25) is 0 Å². The summed E-state index contributed by atoms with van der Waals surface area (Å²) in [5, 5.41) is 7.47. The number of aryl methyl sites for hydroxylation is 1. The lowest BCUT2D eigenvalue weighted by molar-refractivity contribution is 0.592. The summed E-state index contributed by atoms with van der Waals surface area (Å²) in [7, 11) is -3.19. The average Bonchev–Trinajstić information content (AvgIpc) is 3.64. The highest BCUT2D eigenvalue weighted by Gasteiger charge is 2.45. The second-order valence-electron chi connectivity index (χ2n) is 15.3. The smallest absolute Gasteiger partial charge is 0.171 e. The number of hydrogen-bond donors (Lipinski definition) is 0. The maximum Gasteiger partial charge on any atom is 0.171 e. The van der Waals surface area contributed by atoms with Crippen LogP contribution in [0.5, 0.6) is 0 Å². The van der Waals surface area contributed by atoms with E-state index in [0.29, 0.717) is 0 Å². The first-order chi connectivity index (χ1) is 28.5. The van der Waals surface area contributed by atoms with Crippen LogP contribution in [-0.4, -0.2) is 4.57 Å². The monoisotopic (exact) mass is 779 g/mol. The summed E-state index contributed by atoms with van der Waals surface area (Å²) in [4.78, 5) is 2.40. The van der Waals surface area contributed by atoms with Gasteiger partial charge in [-0.2, -0.15) is 0 Å². The topological polar surface area (TPSA) is 22.0 Å². The highest BCUT2D eigenvalue weighted by atomic mass is 32.2. The molecule has 0 saturated carbocycles. The van der Waals surface area contributed by atoms with Gasteiger partial charge in [-0.3, -0.25) is 0 Å². The molecule has 0 N–H and O–H groups in total. The van der Waals surface area contributed by atoms with Crippen LogP contribution >= 0.6 is 18.9 Å². The molecule has 1 aliphatic heterocycles. The molecule has 0 saturated heterocycles. The zero-order valence-electron chi connectivity index (χ0n) is 31.9. The van der Waals surface area contributed by atoms with Crippen LogP contribution in [0.15, 0.2) is 222 Å². The summed E-state index contributed by atoms with van der Waals surface area (Å²) >= 11 is 1.78. The van der Waals surface area contributed by atoms with Gasteiger partial charge in [-0.25, -0.2) is 0 Å². The lowest BCUT2D eigenvalue weighted by atomic mass is 9.63. The van der Waals surface area contributed by atoms with Gasteiger partial charge in [0.25, 0.3) is 0 Å². The molecule has 0 spiro atoms. The molecule has 58 heavy (non-hydrogen) atoms. The van der Waals surface area contributed by atoms with Gasteiger partial charge in [0, 0.05) is 36.5 Å². The number of hydrogen-bond acceptors (Lipinski definition) is 2. The Morgan fingerprint density at radius 2 is 1.00 bits per heavy atom. The van der Waals surface area contributed by atoms with E-state index in [2.05, 4.69) is 163 Å². The van der Waals surface area contributed by atoms with Crippen molar-refractivity contribution in [2.45, 2.75) is 22.1 Å². The summed E-state index contributed by atoms with van der Waals surface area (Å²) in [5.74, 6) is 0. The molecular weight excluding hydrogens is 742 g/mol. The zero-order chi connectivity index (χ0) is 38.8. The average molecular weight is 780 g/mol. The second kappa shape index (κ2) is 13.6. The Morgan fingerprint density at radius 3 is 1.69 bits per heavy atom. The van der Waals surface area contributed by atoms with Gasteiger partial charge in [-0.1, -0.05) is 193 Å². The fourth-order valence-corrected chi connectivity index (χ4v) is 12.9. The third-order valence-electron chi connectivity index (χ3n) is 12.1. The van der Waals surface area contributed by atoms with Crippen LogP contribution in [0.3, 0.4) is 0 Å². The number of benzene rings is 9. The van der Waals surface area contributed by atoms with E-state index in [0.717, 1.165) is 27.2 Å². The summed E-state index contributed by atoms with van der Waals surface area (Å²) in [6.45, 7) is 2.13. The van der Waals surface area contributed by atoms with Crippen LogP contribution in [0.4, 0.5) is 0 Å². The lowest BCUT2D eigenvalue weighted by Crippen LogP contribution is -2.35. The van der Waals surface area contributed by atoms with Crippen molar-refractivity contribution >= 4 is 67.4 Å². The fourth-order valence-electron chi connectivity index (χ4n) is 9.47. The molecule has 4 heteroatoms. The number of fused-ring (bicyclic) bond motifs is 7. The van der Waals surface area contributed by atoms with Crippen molar-refractivity contribution in [3.8, 4) is 5.69 Å². The van der Waals surface area contributed by atoms with Gasteiger partial charge in [0.1, 0.15) is 0 Å². The number of nitrogens with zero attached hydrogens (tertiary/aromatic N) is 1. The fraction of sp³-hybridized carbons (Fsp3) is 0.0370. The summed E-state index contributed by atoms with van der Waals surface area (Å²) in [6, 6.07) is 75.6. The van der Waals surface area contributed by atoms with Crippen LogP contribution in [0.2, 0.25) is 0 Å². The number of aromatic nitrogens is 1. The Kier molecular flexibility index (Phi) is 8.19. The molecule has 0 aliphatic carbocycles. The molecule has 0 radical (unpaired) electrons. The van der Waals surface area contributed by atoms with Crippen molar-refractivity contribution < 1.29 is 4.57 Å². The van der Waals surface area contributed by atoms with Crippen molar-refractivity contribution in [2.24, 2.45) is 0 Å². The summed E-state index contributed by atoms with van der Waals surface area (Å²) in [5.41, 5.74) is 8.90. The third kappa shape index (κ3) is 5.17. The highest BCUT2D eigenvalue weighted by Crippen LogP contribution is 2.55. The van der Waals surface area contributed by atoms with Crippen LogP contribution < -0.4 is 15.9 Å². The second-order valence-corrected chi connectivity index (χ2v) is 19.2. The molecular formula is C54H38NOPS. The van der Waals surface area contributed by atoms with Crippen LogP contribution in [0.1, 0.15) is 27.8 Å². The Balaban J connectivity index is 1.19. The molecule has 11 rings (SSSR count). The first-order valence-electron chi connectivity index (χ1n) is 19.8. The van der Waals surface area contributed by atoms with Crippen LogP contribution in [0, 0.1) is 6.92 Å². The molecule has 9 aromatic carbocycles. The molecule has 1 aromatic heterocycles. The molecule has 1 atom stereocenters. The van der Waals surface area contributed by atoms with E-state index in [9.17, 15) is 0 Å². The van der Waals surface area contributed by atoms with Crippen molar-refractivity contribution in [1.82, 2.24) is 4.57 Å². The van der Waals surface area contributed by atoms with Crippen molar-refractivity contribution in [2.75, 3.05) is 0 Å². The first kappa shape index (κ1) is 34.8. The normalized spacial score (nSPS) is 14.8. The molecule has 0 bridgehead atoms. The van der Waals surface area contributed by atoms with Crippen LogP contribution in [0.25, 0.3) is 38.3 Å². The first-order valence-corrected chi connectivity index (χ1v) is 22.3. The number of rotatable bonds is 7. The van der Waals surface area contributed by atoms with Crippen LogP contribution in [-0.2, 0) is 9.98 Å². The molecule has 276 valence electrons. The zero-order valence-corrected chi connectivity index (χ0v) is 33.6. The molecule has 0 amide bonds. The van der Waals surface area contributed by atoms with Gasteiger partial charge in [-0.05, 0) is 76.3 Å². The Labute approximate surface area is 342 Å². The van der Waals surface area contributed by atoms with E-state index in [1.807, 2.05) is 60.7 Å². The Hall–Kier alpha value is -6.38. The predicted molar refractivity (Wildman–Crippen MR) is 245 cm³/mol. The van der Waals surface area contributed by atoms with E-state index in [-0.39, 0.29) is 0 Å². The molecule has 1 aliphatic rings. The number of para-hydroxylation sites is 2. The van der Waals surface area contributed by atoms with Crippen molar-refractivity contribution in [1.29, 1.82) is 0 Å². The van der Waals surface area contributed by atoms with E-state index in [1.165, 1.54) is 64.6 Å². The molecule has 2 nitrogen and oxygen atoms in total.